The Morgan fingerprint density at radius 2 is 2.11 bits per heavy atom. The molecule has 19 heavy (non-hydrogen) atoms. The van der Waals surface area contributed by atoms with Crippen LogP contribution in [0.4, 0.5) is 0 Å². The molecule has 0 aromatic heterocycles. The Balaban J connectivity index is 2.09. The van der Waals surface area contributed by atoms with Gasteiger partial charge in [0.1, 0.15) is 5.75 Å². The summed E-state index contributed by atoms with van der Waals surface area (Å²) in [5, 5.41) is 2.98. The highest BCUT2D eigenvalue weighted by atomic mass is 16.5. The number of carbonyl (C=O) groups excluding carboxylic acids is 1. The van der Waals surface area contributed by atoms with Crippen molar-refractivity contribution >= 4 is 5.91 Å². The van der Waals surface area contributed by atoms with Gasteiger partial charge in [0, 0.05) is 18.7 Å². The summed E-state index contributed by atoms with van der Waals surface area (Å²) in [4.78, 5) is 12.1. The topological polar surface area (TPSA) is 64.3 Å². The first-order valence-electron chi connectivity index (χ1n) is 6.65. The van der Waals surface area contributed by atoms with Gasteiger partial charge in [-0.2, -0.15) is 0 Å². The van der Waals surface area contributed by atoms with E-state index in [9.17, 15) is 4.79 Å². The number of nitrogens with two attached hydrogens (primary N) is 1. The van der Waals surface area contributed by atoms with Crippen LogP contribution in [-0.4, -0.2) is 19.6 Å². The first-order valence-corrected chi connectivity index (χ1v) is 6.65. The van der Waals surface area contributed by atoms with E-state index in [1.807, 2.05) is 19.9 Å². The van der Waals surface area contributed by atoms with E-state index in [1.165, 1.54) is 5.56 Å². The van der Waals surface area contributed by atoms with Crippen molar-refractivity contribution in [3.8, 4) is 5.75 Å². The van der Waals surface area contributed by atoms with Gasteiger partial charge < -0.3 is 15.8 Å². The van der Waals surface area contributed by atoms with Crippen molar-refractivity contribution in [2.75, 3.05) is 13.7 Å². The monoisotopic (exact) mass is 262 g/mol. The molecule has 4 nitrogen and oxygen atoms in total. The van der Waals surface area contributed by atoms with E-state index in [2.05, 4.69) is 11.4 Å². The number of hydrogen-bond donors (Lipinski definition) is 2. The molecule has 0 aliphatic heterocycles. The number of carbonyl (C=O) groups is 1. The van der Waals surface area contributed by atoms with Crippen molar-refractivity contribution in [3.05, 3.63) is 28.8 Å². The quantitative estimate of drug-likeness (QED) is 0.848. The molecule has 0 saturated heterocycles. The van der Waals surface area contributed by atoms with Crippen LogP contribution in [0.15, 0.2) is 12.1 Å². The molecule has 0 bridgehead atoms. The lowest BCUT2D eigenvalue weighted by molar-refractivity contribution is -0.126. The van der Waals surface area contributed by atoms with Gasteiger partial charge in [-0.25, -0.2) is 0 Å². The third-order valence-electron chi connectivity index (χ3n) is 3.87. The molecule has 1 aromatic rings. The lowest BCUT2D eigenvalue weighted by Crippen LogP contribution is -2.36. The Morgan fingerprint density at radius 3 is 2.63 bits per heavy atom. The minimum Gasteiger partial charge on any atom is -0.496 e. The molecule has 1 aliphatic rings. The van der Waals surface area contributed by atoms with Crippen LogP contribution < -0.4 is 15.8 Å². The minimum atomic E-state index is -0.299. The second kappa shape index (κ2) is 5.21. The van der Waals surface area contributed by atoms with Crippen LogP contribution in [0.1, 0.15) is 29.5 Å². The second-order valence-corrected chi connectivity index (χ2v) is 5.44. The van der Waals surface area contributed by atoms with E-state index in [1.54, 1.807) is 7.11 Å². The number of aryl methyl sites for hydroxylation is 2. The van der Waals surface area contributed by atoms with E-state index in [4.69, 9.17) is 10.5 Å². The molecule has 1 fully saturated rings. The van der Waals surface area contributed by atoms with Crippen molar-refractivity contribution in [1.29, 1.82) is 0 Å². The molecule has 1 aromatic carbocycles. The molecule has 0 heterocycles. The standard InChI is InChI=1S/C15H22N2O2/c1-10-6-11(2)13(19-3)12(7-10)8-17-14(18)15(9-16)4-5-15/h6-7H,4-5,8-9,16H2,1-3H3,(H,17,18). The van der Waals surface area contributed by atoms with Gasteiger partial charge in [0.15, 0.2) is 0 Å². The summed E-state index contributed by atoms with van der Waals surface area (Å²) in [7, 11) is 1.66. The molecule has 2 rings (SSSR count). The number of benzene rings is 1. The van der Waals surface area contributed by atoms with Gasteiger partial charge in [0.05, 0.1) is 12.5 Å². The van der Waals surface area contributed by atoms with E-state index in [-0.39, 0.29) is 11.3 Å². The van der Waals surface area contributed by atoms with Crippen LogP contribution in [0.5, 0.6) is 5.75 Å². The zero-order chi connectivity index (χ0) is 14.0. The van der Waals surface area contributed by atoms with Gasteiger partial charge in [-0.1, -0.05) is 17.7 Å². The fourth-order valence-corrected chi connectivity index (χ4v) is 2.50. The largest absolute Gasteiger partial charge is 0.496 e. The number of ether oxygens (including phenoxy) is 1. The van der Waals surface area contributed by atoms with Gasteiger partial charge in [-0.3, -0.25) is 4.79 Å². The van der Waals surface area contributed by atoms with Gasteiger partial charge in [0.25, 0.3) is 0 Å². The molecule has 0 spiro atoms. The van der Waals surface area contributed by atoms with Crippen LogP contribution in [0.25, 0.3) is 0 Å². The summed E-state index contributed by atoms with van der Waals surface area (Å²) in [6.07, 6.45) is 1.80. The van der Waals surface area contributed by atoms with Gasteiger partial charge in [-0.05, 0) is 32.3 Å². The molecular weight excluding hydrogens is 240 g/mol. The third-order valence-corrected chi connectivity index (χ3v) is 3.87. The van der Waals surface area contributed by atoms with Gasteiger partial charge in [0.2, 0.25) is 5.91 Å². The molecule has 0 radical (unpaired) electrons. The Labute approximate surface area is 114 Å². The Morgan fingerprint density at radius 1 is 1.42 bits per heavy atom. The SMILES string of the molecule is COc1c(C)cc(C)cc1CNC(=O)C1(CN)CC1. The lowest BCUT2D eigenvalue weighted by atomic mass is 10.0. The number of rotatable bonds is 5. The van der Waals surface area contributed by atoms with Crippen molar-refractivity contribution < 1.29 is 9.53 Å². The maximum Gasteiger partial charge on any atom is 0.227 e. The molecule has 1 amide bonds. The molecule has 1 saturated carbocycles. The van der Waals surface area contributed by atoms with Crippen molar-refractivity contribution in [1.82, 2.24) is 5.32 Å². The highest BCUT2D eigenvalue weighted by Crippen LogP contribution is 2.44. The number of nitrogens with one attached hydrogen (secondary N) is 1. The zero-order valence-electron chi connectivity index (χ0n) is 11.9. The number of amides is 1. The Bertz CT molecular complexity index is 493. The van der Waals surface area contributed by atoms with Gasteiger partial charge >= 0.3 is 0 Å². The average Bonchev–Trinajstić information content (AvgIpc) is 3.16. The Kier molecular flexibility index (Phi) is 3.80. The predicted molar refractivity (Wildman–Crippen MR) is 75.0 cm³/mol. The molecule has 4 heteroatoms. The van der Waals surface area contributed by atoms with Crippen molar-refractivity contribution in [3.63, 3.8) is 0 Å². The highest BCUT2D eigenvalue weighted by Gasteiger charge is 2.48. The normalized spacial score (nSPS) is 16.0. The maximum absolute atomic E-state index is 12.1. The van der Waals surface area contributed by atoms with Crippen LogP contribution in [0, 0.1) is 19.3 Å². The van der Waals surface area contributed by atoms with Crippen molar-refractivity contribution in [2.24, 2.45) is 11.1 Å². The van der Waals surface area contributed by atoms with Crippen molar-refractivity contribution in [2.45, 2.75) is 33.2 Å². The van der Waals surface area contributed by atoms with Crippen LogP contribution in [0.3, 0.4) is 0 Å². The predicted octanol–water partition coefficient (Wildman–Crippen LogP) is 1.67. The molecular formula is C15H22N2O2. The summed E-state index contributed by atoms with van der Waals surface area (Å²) >= 11 is 0. The van der Waals surface area contributed by atoms with E-state index in [0.29, 0.717) is 13.1 Å². The highest BCUT2D eigenvalue weighted by molar-refractivity contribution is 5.85. The van der Waals surface area contributed by atoms with Crippen LogP contribution >= 0.6 is 0 Å². The minimum absolute atomic E-state index is 0.0659. The summed E-state index contributed by atoms with van der Waals surface area (Å²) < 4.78 is 5.41. The molecule has 0 unspecified atom stereocenters. The first kappa shape index (κ1) is 13.9. The fourth-order valence-electron chi connectivity index (χ4n) is 2.50. The molecule has 3 N–H and O–H groups in total. The van der Waals surface area contributed by atoms with E-state index in [0.717, 1.165) is 29.7 Å². The first-order chi connectivity index (χ1) is 9.02. The molecule has 1 aliphatic carbocycles. The molecule has 0 atom stereocenters. The summed E-state index contributed by atoms with van der Waals surface area (Å²) in [6.45, 7) is 4.98. The van der Waals surface area contributed by atoms with Gasteiger partial charge in [-0.15, -0.1) is 0 Å². The number of methoxy groups -OCH3 is 1. The summed E-state index contributed by atoms with van der Waals surface area (Å²) in [6, 6.07) is 4.13. The summed E-state index contributed by atoms with van der Waals surface area (Å²) in [5.74, 6) is 0.916. The second-order valence-electron chi connectivity index (χ2n) is 5.44. The fraction of sp³-hybridized carbons (Fsp3) is 0.533. The lowest BCUT2D eigenvalue weighted by Gasteiger charge is -2.16. The average molecular weight is 262 g/mol. The Hall–Kier alpha value is -1.55. The van der Waals surface area contributed by atoms with E-state index < -0.39 is 0 Å². The molecule has 104 valence electrons. The van der Waals surface area contributed by atoms with Crippen LogP contribution in [-0.2, 0) is 11.3 Å². The number of hydrogen-bond acceptors (Lipinski definition) is 3. The third kappa shape index (κ3) is 2.73. The smallest absolute Gasteiger partial charge is 0.227 e. The van der Waals surface area contributed by atoms with E-state index >= 15 is 0 Å². The van der Waals surface area contributed by atoms with Crippen LogP contribution in [0.2, 0.25) is 0 Å². The zero-order valence-corrected chi connectivity index (χ0v) is 11.9. The summed E-state index contributed by atoms with van der Waals surface area (Å²) in [5.41, 5.74) is 8.63. The maximum atomic E-state index is 12.1.